The zero-order chi connectivity index (χ0) is 14.0. The van der Waals surface area contributed by atoms with Crippen LogP contribution in [0.3, 0.4) is 0 Å². The maximum absolute atomic E-state index is 12.2. The molecule has 3 N–H and O–H groups in total. The molecule has 19 heavy (non-hydrogen) atoms. The van der Waals surface area contributed by atoms with E-state index in [1.165, 1.54) is 6.07 Å². The summed E-state index contributed by atoms with van der Waals surface area (Å²) in [5.74, 6) is 0.732. The van der Waals surface area contributed by atoms with Crippen molar-refractivity contribution in [3.05, 3.63) is 46.9 Å². The summed E-state index contributed by atoms with van der Waals surface area (Å²) >= 11 is 5.74. The third kappa shape index (κ3) is 3.09. The first-order valence-corrected chi connectivity index (χ1v) is 7.36. The molecule has 0 amide bonds. The molecule has 2 aromatic rings. The smallest absolute Gasteiger partial charge is 0.265 e. The molecule has 0 fully saturated rings. The second kappa shape index (κ2) is 5.24. The number of benzene rings is 1. The summed E-state index contributed by atoms with van der Waals surface area (Å²) in [5, 5.41) is 0.535. The third-order valence-corrected chi connectivity index (χ3v) is 4.25. The number of hydrogen-bond acceptors (Lipinski definition) is 4. The van der Waals surface area contributed by atoms with E-state index >= 15 is 0 Å². The molecule has 0 aliphatic carbocycles. The van der Waals surface area contributed by atoms with Gasteiger partial charge in [-0.15, -0.1) is 0 Å². The van der Waals surface area contributed by atoms with E-state index in [-0.39, 0.29) is 11.4 Å². The van der Waals surface area contributed by atoms with Crippen molar-refractivity contribution in [2.45, 2.75) is 18.4 Å². The molecule has 0 atom stereocenters. The summed E-state index contributed by atoms with van der Waals surface area (Å²) in [6.07, 6.45) is 0. The van der Waals surface area contributed by atoms with Crippen LogP contribution in [0.4, 0.5) is 5.69 Å². The summed E-state index contributed by atoms with van der Waals surface area (Å²) in [6.45, 7) is 1.73. The van der Waals surface area contributed by atoms with Crippen LogP contribution in [-0.2, 0) is 16.6 Å². The highest BCUT2D eigenvalue weighted by atomic mass is 35.5. The van der Waals surface area contributed by atoms with E-state index in [1.807, 2.05) is 0 Å². The Morgan fingerprint density at radius 2 is 1.95 bits per heavy atom. The lowest BCUT2D eigenvalue weighted by Gasteiger charge is -2.06. The molecule has 0 aliphatic heterocycles. The Labute approximate surface area is 116 Å². The summed E-state index contributed by atoms with van der Waals surface area (Å²) in [4.78, 5) is 0.0860. The van der Waals surface area contributed by atoms with Crippen molar-refractivity contribution < 1.29 is 12.8 Å². The molecule has 1 aromatic carbocycles. The van der Waals surface area contributed by atoms with E-state index in [2.05, 4.69) is 4.72 Å². The van der Waals surface area contributed by atoms with Crippen LogP contribution in [0.1, 0.15) is 11.5 Å². The number of nitrogens with one attached hydrogen (secondary N) is 1. The Morgan fingerprint density at radius 1 is 1.32 bits per heavy atom. The first-order valence-electron chi connectivity index (χ1n) is 5.50. The Bertz CT molecular complexity index is 678. The monoisotopic (exact) mass is 300 g/mol. The SMILES string of the molecule is Cc1oc(CN)cc1S(=O)(=O)Nc1ccc(Cl)cc1. The van der Waals surface area contributed by atoms with Crippen LogP contribution in [0.25, 0.3) is 0 Å². The average Bonchev–Trinajstić information content (AvgIpc) is 2.74. The van der Waals surface area contributed by atoms with Crippen LogP contribution in [0.15, 0.2) is 39.6 Å². The number of sulfonamides is 1. The van der Waals surface area contributed by atoms with Gasteiger partial charge in [0, 0.05) is 16.8 Å². The fraction of sp³-hybridized carbons (Fsp3) is 0.167. The van der Waals surface area contributed by atoms with Gasteiger partial charge in [-0.25, -0.2) is 8.42 Å². The topological polar surface area (TPSA) is 85.3 Å². The lowest BCUT2D eigenvalue weighted by Crippen LogP contribution is -2.13. The van der Waals surface area contributed by atoms with E-state index in [1.54, 1.807) is 31.2 Å². The number of nitrogens with two attached hydrogens (primary N) is 1. The summed E-state index contributed by atoms with van der Waals surface area (Å²) in [5.41, 5.74) is 5.85. The number of furan rings is 1. The van der Waals surface area contributed by atoms with Crippen molar-refractivity contribution in [2.75, 3.05) is 4.72 Å². The molecule has 2 rings (SSSR count). The number of aryl methyl sites for hydroxylation is 1. The number of halogens is 1. The van der Waals surface area contributed by atoms with Gasteiger partial charge in [0.05, 0.1) is 6.54 Å². The van der Waals surface area contributed by atoms with Crippen molar-refractivity contribution in [1.29, 1.82) is 0 Å². The summed E-state index contributed by atoms with van der Waals surface area (Å²) < 4.78 is 32.1. The van der Waals surface area contributed by atoms with Gasteiger partial charge < -0.3 is 10.2 Å². The van der Waals surface area contributed by atoms with Gasteiger partial charge in [-0.3, -0.25) is 4.72 Å². The maximum Gasteiger partial charge on any atom is 0.265 e. The van der Waals surface area contributed by atoms with Crippen LogP contribution in [0, 0.1) is 6.92 Å². The van der Waals surface area contributed by atoms with Crippen molar-refractivity contribution in [1.82, 2.24) is 0 Å². The van der Waals surface area contributed by atoms with Gasteiger partial charge in [0.25, 0.3) is 10.0 Å². The second-order valence-electron chi connectivity index (χ2n) is 3.95. The quantitative estimate of drug-likeness (QED) is 0.908. The molecule has 1 heterocycles. The summed E-state index contributed by atoms with van der Waals surface area (Å²) in [6, 6.07) is 7.80. The van der Waals surface area contributed by atoms with Gasteiger partial charge in [-0.05, 0) is 31.2 Å². The van der Waals surface area contributed by atoms with E-state index in [0.29, 0.717) is 22.2 Å². The highest BCUT2D eigenvalue weighted by Crippen LogP contribution is 2.23. The van der Waals surface area contributed by atoms with Crippen LogP contribution in [-0.4, -0.2) is 8.42 Å². The molecule has 0 bridgehead atoms. The molecular weight excluding hydrogens is 288 g/mol. The van der Waals surface area contributed by atoms with Gasteiger partial charge in [-0.1, -0.05) is 11.6 Å². The Balaban J connectivity index is 2.31. The van der Waals surface area contributed by atoms with E-state index in [0.717, 1.165) is 0 Å². The average molecular weight is 301 g/mol. The summed E-state index contributed by atoms with van der Waals surface area (Å²) in [7, 11) is -3.69. The van der Waals surface area contributed by atoms with Gasteiger partial charge in [-0.2, -0.15) is 0 Å². The van der Waals surface area contributed by atoms with Crippen molar-refractivity contribution in [3.8, 4) is 0 Å². The standard InChI is InChI=1S/C12H13ClN2O3S/c1-8-12(6-11(7-14)18-8)19(16,17)15-10-4-2-9(13)3-5-10/h2-6,15H,7,14H2,1H3. The fourth-order valence-corrected chi connectivity index (χ4v) is 3.01. The lowest BCUT2D eigenvalue weighted by atomic mass is 10.3. The molecule has 0 aliphatic rings. The van der Waals surface area contributed by atoms with Crippen LogP contribution >= 0.6 is 11.6 Å². The second-order valence-corrected chi connectivity index (χ2v) is 6.04. The molecular formula is C12H13ClN2O3S. The van der Waals surface area contributed by atoms with E-state index in [9.17, 15) is 8.42 Å². The van der Waals surface area contributed by atoms with Gasteiger partial charge in [0.2, 0.25) is 0 Å². The Morgan fingerprint density at radius 3 is 2.47 bits per heavy atom. The molecule has 102 valence electrons. The molecule has 1 aromatic heterocycles. The largest absolute Gasteiger partial charge is 0.464 e. The maximum atomic E-state index is 12.2. The fourth-order valence-electron chi connectivity index (χ4n) is 1.62. The molecule has 0 saturated carbocycles. The van der Waals surface area contributed by atoms with Gasteiger partial charge in [0.15, 0.2) is 0 Å². The molecule has 0 saturated heterocycles. The molecule has 0 unspecified atom stereocenters. The van der Waals surface area contributed by atoms with Gasteiger partial charge in [0.1, 0.15) is 16.4 Å². The Hall–Kier alpha value is -1.50. The highest BCUT2D eigenvalue weighted by Gasteiger charge is 2.21. The zero-order valence-corrected chi connectivity index (χ0v) is 11.8. The van der Waals surface area contributed by atoms with Crippen LogP contribution in [0.2, 0.25) is 5.02 Å². The minimum absolute atomic E-state index is 0.0860. The number of hydrogen-bond donors (Lipinski definition) is 2. The first-order chi connectivity index (χ1) is 8.92. The van der Waals surface area contributed by atoms with Crippen molar-refractivity contribution >= 4 is 27.3 Å². The molecule has 7 heteroatoms. The van der Waals surface area contributed by atoms with Crippen LogP contribution in [0.5, 0.6) is 0 Å². The van der Waals surface area contributed by atoms with Crippen molar-refractivity contribution in [3.63, 3.8) is 0 Å². The number of anilines is 1. The lowest BCUT2D eigenvalue weighted by molar-refractivity contribution is 0.479. The van der Waals surface area contributed by atoms with E-state index < -0.39 is 10.0 Å². The predicted octanol–water partition coefficient (Wildman–Crippen LogP) is 2.50. The van der Waals surface area contributed by atoms with Gasteiger partial charge >= 0.3 is 0 Å². The minimum atomic E-state index is -3.69. The predicted molar refractivity (Wildman–Crippen MR) is 73.6 cm³/mol. The van der Waals surface area contributed by atoms with Crippen LogP contribution < -0.4 is 10.5 Å². The number of rotatable bonds is 4. The highest BCUT2D eigenvalue weighted by molar-refractivity contribution is 7.92. The Kier molecular flexibility index (Phi) is 3.84. The zero-order valence-electron chi connectivity index (χ0n) is 10.2. The molecule has 0 radical (unpaired) electrons. The molecule has 0 spiro atoms. The normalized spacial score (nSPS) is 11.5. The van der Waals surface area contributed by atoms with Crippen molar-refractivity contribution in [2.24, 2.45) is 5.73 Å². The van der Waals surface area contributed by atoms with E-state index in [4.69, 9.17) is 21.8 Å². The first kappa shape index (κ1) is 13.9. The molecule has 5 nitrogen and oxygen atoms in total. The third-order valence-electron chi connectivity index (χ3n) is 2.51. The minimum Gasteiger partial charge on any atom is -0.464 e.